The maximum atomic E-state index is 12.2. The van der Waals surface area contributed by atoms with Gasteiger partial charge in [-0.1, -0.05) is 0 Å². The lowest BCUT2D eigenvalue weighted by Crippen LogP contribution is -2.52. The summed E-state index contributed by atoms with van der Waals surface area (Å²) in [5.41, 5.74) is 0. The number of hydrogen-bond donors (Lipinski definition) is 2. The van der Waals surface area contributed by atoms with E-state index in [0.29, 0.717) is 38.0 Å². The number of amides is 2. The number of nitrogens with one attached hydrogen (secondary N) is 1. The molecule has 6 nitrogen and oxygen atoms in total. The Morgan fingerprint density at radius 1 is 1.38 bits per heavy atom. The van der Waals surface area contributed by atoms with Gasteiger partial charge in [0, 0.05) is 31.2 Å². The molecule has 6 heteroatoms. The molecule has 1 saturated carbocycles. The summed E-state index contributed by atoms with van der Waals surface area (Å²) in [6, 6.07) is 0.925. The van der Waals surface area contributed by atoms with Crippen LogP contribution in [0.5, 0.6) is 0 Å². The number of hydrogen-bond acceptors (Lipinski definition) is 3. The number of urea groups is 1. The molecule has 0 spiro atoms. The number of carboxylic acid groups (broad SMARTS) is 1. The summed E-state index contributed by atoms with van der Waals surface area (Å²) in [5.74, 6) is -1.06. The second kappa shape index (κ2) is 6.64. The summed E-state index contributed by atoms with van der Waals surface area (Å²) in [5, 5.41) is 12.0. The van der Waals surface area contributed by atoms with Crippen LogP contribution in [-0.4, -0.2) is 65.2 Å². The molecule has 3 unspecified atom stereocenters. The van der Waals surface area contributed by atoms with Crippen LogP contribution in [0.3, 0.4) is 0 Å². The lowest BCUT2D eigenvalue weighted by molar-refractivity contribution is -0.143. The first-order valence-corrected chi connectivity index (χ1v) is 7.89. The van der Waals surface area contributed by atoms with Gasteiger partial charge in [-0.15, -0.1) is 0 Å². The maximum Gasteiger partial charge on any atom is 0.317 e. The van der Waals surface area contributed by atoms with Crippen LogP contribution < -0.4 is 5.32 Å². The highest BCUT2D eigenvalue weighted by Gasteiger charge is 2.33. The van der Waals surface area contributed by atoms with Crippen molar-refractivity contribution in [3.63, 3.8) is 0 Å². The van der Waals surface area contributed by atoms with E-state index in [4.69, 9.17) is 5.11 Å². The Morgan fingerprint density at radius 3 is 2.57 bits per heavy atom. The van der Waals surface area contributed by atoms with Crippen LogP contribution in [0.2, 0.25) is 0 Å². The highest BCUT2D eigenvalue weighted by Crippen LogP contribution is 2.27. The van der Waals surface area contributed by atoms with Crippen molar-refractivity contribution in [1.82, 2.24) is 15.1 Å². The molecule has 1 aliphatic carbocycles. The van der Waals surface area contributed by atoms with Crippen LogP contribution in [0.15, 0.2) is 0 Å². The highest BCUT2D eigenvalue weighted by molar-refractivity contribution is 5.75. The first-order chi connectivity index (χ1) is 9.90. The molecule has 3 atom stereocenters. The largest absolute Gasteiger partial charge is 0.481 e. The van der Waals surface area contributed by atoms with Crippen LogP contribution in [0.25, 0.3) is 0 Å². The molecule has 0 aromatic heterocycles. The summed E-state index contributed by atoms with van der Waals surface area (Å²) in [6.07, 6.45) is 3.61. The Labute approximate surface area is 126 Å². The van der Waals surface area contributed by atoms with E-state index in [2.05, 4.69) is 24.2 Å². The topological polar surface area (TPSA) is 72.9 Å². The lowest BCUT2D eigenvalue weighted by Gasteiger charge is -2.36. The Bertz CT molecular complexity index is 398. The van der Waals surface area contributed by atoms with Gasteiger partial charge in [-0.05, 0) is 46.6 Å². The predicted octanol–water partition coefficient (Wildman–Crippen LogP) is 1.36. The molecule has 0 aromatic carbocycles. The fraction of sp³-hybridized carbons (Fsp3) is 0.867. The van der Waals surface area contributed by atoms with Gasteiger partial charge in [-0.2, -0.15) is 0 Å². The van der Waals surface area contributed by atoms with Gasteiger partial charge in [-0.25, -0.2) is 4.79 Å². The molecule has 1 aliphatic heterocycles. The number of likely N-dealkylation sites (tertiary alicyclic amines) is 1. The number of carbonyl (C=O) groups is 2. The van der Waals surface area contributed by atoms with E-state index in [-0.39, 0.29) is 18.0 Å². The van der Waals surface area contributed by atoms with E-state index in [1.54, 1.807) is 4.90 Å². The van der Waals surface area contributed by atoms with Gasteiger partial charge in [0.15, 0.2) is 0 Å². The molecule has 2 amide bonds. The molecule has 2 aliphatic rings. The number of piperidine rings is 1. The van der Waals surface area contributed by atoms with Crippen LogP contribution in [0.4, 0.5) is 4.79 Å². The van der Waals surface area contributed by atoms with Crippen molar-refractivity contribution in [2.24, 2.45) is 5.92 Å². The van der Waals surface area contributed by atoms with Gasteiger partial charge in [0.25, 0.3) is 0 Å². The van der Waals surface area contributed by atoms with Gasteiger partial charge < -0.3 is 15.3 Å². The molecule has 2 N–H and O–H groups in total. The average Bonchev–Trinajstić information content (AvgIpc) is 3.27. The van der Waals surface area contributed by atoms with Crippen molar-refractivity contribution in [3.8, 4) is 0 Å². The molecule has 21 heavy (non-hydrogen) atoms. The Kier molecular flexibility index (Phi) is 5.08. The molecular weight excluding hydrogens is 270 g/mol. The van der Waals surface area contributed by atoms with Crippen molar-refractivity contribution in [3.05, 3.63) is 0 Å². The van der Waals surface area contributed by atoms with Gasteiger partial charge >= 0.3 is 12.0 Å². The predicted molar refractivity (Wildman–Crippen MR) is 80.2 cm³/mol. The first-order valence-electron chi connectivity index (χ1n) is 7.89. The Morgan fingerprint density at radius 2 is 2.05 bits per heavy atom. The van der Waals surface area contributed by atoms with Gasteiger partial charge in [-0.3, -0.25) is 9.69 Å². The molecule has 1 saturated heterocycles. The fourth-order valence-electron chi connectivity index (χ4n) is 3.02. The molecule has 120 valence electrons. The molecule has 1 heterocycles. The van der Waals surface area contributed by atoms with Crippen LogP contribution >= 0.6 is 0 Å². The van der Waals surface area contributed by atoms with E-state index >= 15 is 0 Å². The van der Waals surface area contributed by atoms with Crippen LogP contribution in [-0.2, 0) is 4.79 Å². The van der Waals surface area contributed by atoms with Gasteiger partial charge in [0.1, 0.15) is 0 Å². The molecular formula is C15H27N3O3. The minimum absolute atomic E-state index is 0.0173. The molecule has 0 aromatic rings. The maximum absolute atomic E-state index is 12.2. The van der Waals surface area contributed by atoms with Crippen molar-refractivity contribution in [2.45, 2.75) is 57.7 Å². The smallest absolute Gasteiger partial charge is 0.317 e. The number of carboxylic acids is 1. The molecule has 0 bridgehead atoms. The first kappa shape index (κ1) is 16.1. The second-order valence-electron chi connectivity index (χ2n) is 6.53. The summed E-state index contributed by atoms with van der Waals surface area (Å²) in [7, 11) is 2.11. The third-order valence-corrected chi connectivity index (χ3v) is 4.85. The van der Waals surface area contributed by atoms with Crippen molar-refractivity contribution >= 4 is 12.0 Å². The standard InChI is InChI=1S/C15H27N3O3/c1-10-8-12(14(19)20)6-7-18(10)15(21)16-9-11(2)17(3)13-4-5-13/h10-13H,4-9H2,1-3H3,(H,16,21)(H,19,20). The molecule has 2 rings (SSSR count). The zero-order valence-corrected chi connectivity index (χ0v) is 13.2. The zero-order chi connectivity index (χ0) is 15.6. The third-order valence-electron chi connectivity index (χ3n) is 4.85. The van der Waals surface area contributed by atoms with Crippen molar-refractivity contribution in [1.29, 1.82) is 0 Å². The zero-order valence-electron chi connectivity index (χ0n) is 13.2. The van der Waals surface area contributed by atoms with E-state index in [9.17, 15) is 9.59 Å². The summed E-state index contributed by atoms with van der Waals surface area (Å²) in [6.45, 7) is 5.21. The van der Waals surface area contributed by atoms with E-state index in [1.165, 1.54) is 12.8 Å². The molecule has 2 fully saturated rings. The number of likely N-dealkylation sites (N-methyl/N-ethyl adjacent to an activating group) is 1. The summed E-state index contributed by atoms with van der Waals surface area (Å²) in [4.78, 5) is 27.3. The quantitative estimate of drug-likeness (QED) is 0.804. The monoisotopic (exact) mass is 297 g/mol. The van der Waals surface area contributed by atoms with E-state index < -0.39 is 5.97 Å². The van der Waals surface area contributed by atoms with Crippen LogP contribution in [0.1, 0.15) is 39.5 Å². The van der Waals surface area contributed by atoms with Crippen molar-refractivity contribution < 1.29 is 14.7 Å². The second-order valence-corrected chi connectivity index (χ2v) is 6.53. The highest BCUT2D eigenvalue weighted by atomic mass is 16.4. The molecule has 0 radical (unpaired) electrons. The Hall–Kier alpha value is -1.30. The fourth-order valence-corrected chi connectivity index (χ4v) is 3.02. The van der Waals surface area contributed by atoms with Crippen molar-refractivity contribution in [2.75, 3.05) is 20.1 Å². The Balaban J connectivity index is 1.76. The third kappa shape index (κ3) is 4.09. The normalized spacial score (nSPS) is 27.5. The summed E-state index contributed by atoms with van der Waals surface area (Å²) < 4.78 is 0. The van der Waals surface area contributed by atoms with E-state index in [0.717, 1.165) is 0 Å². The number of carbonyl (C=O) groups excluding carboxylic acids is 1. The number of aliphatic carboxylic acids is 1. The van der Waals surface area contributed by atoms with Crippen LogP contribution in [0, 0.1) is 5.92 Å². The minimum atomic E-state index is -0.749. The lowest BCUT2D eigenvalue weighted by atomic mass is 9.92. The summed E-state index contributed by atoms with van der Waals surface area (Å²) >= 11 is 0. The number of rotatable bonds is 5. The SMILES string of the molecule is CC1CC(C(=O)O)CCN1C(=O)NCC(C)N(C)C1CC1. The minimum Gasteiger partial charge on any atom is -0.481 e. The van der Waals surface area contributed by atoms with Gasteiger partial charge in [0.05, 0.1) is 5.92 Å². The average molecular weight is 297 g/mol. The van der Waals surface area contributed by atoms with Gasteiger partial charge in [0.2, 0.25) is 0 Å². The number of nitrogens with zero attached hydrogens (tertiary/aromatic N) is 2. The van der Waals surface area contributed by atoms with E-state index in [1.807, 2.05) is 6.92 Å².